The smallest absolute Gasteiger partial charge is 0.274 e. The van der Waals surface area contributed by atoms with E-state index < -0.39 is 17.8 Å². The molecule has 2 heterocycles. The summed E-state index contributed by atoms with van der Waals surface area (Å²) < 4.78 is 25.8. The number of aromatic amines is 1. The van der Waals surface area contributed by atoms with Crippen molar-refractivity contribution < 1.29 is 23.8 Å². The molecule has 9 nitrogen and oxygen atoms in total. The number of carbonyl (C=O) groups is 1. The van der Waals surface area contributed by atoms with Gasteiger partial charge in [0.1, 0.15) is 29.2 Å². The van der Waals surface area contributed by atoms with Crippen molar-refractivity contribution in [2.24, 2.45) is 0 Å². The van der Waals surface area contributed by atoms with Crippen LogP contribution in [0.2, 0.25) is 0 Å². The van der Waals surface area contributed by atoms with E-state index in [0.29, 0.717) is 16.9 Å². The van der Waals surface area contributed by atoms with Crippen LogP contribution in [0.25, 0.3) is 11.4 Å². The molecule has 0 saturated heterocycles. The molecule has 10 heteroatoms. The zero-order valence-electron chi connectivity index (χ0n) is 18.0. The summed E-state index contributed by atoms with van der Waals surface area (Å²) in [4.78, 5) is 36.0. The summed E-state index contributed by atoms with van der Waals surface area (Å²) in [5, 5.41) is 9.30. The summed E-state index contributed by atoms with van der Waals surface area (Å²) in [5.74, 6) is -0.467. The van der Waals surface area contributed by atoms with E-state index in [0.717, 1.165) is 6.07 Å². The minimum atomic E-state index is -0.827. The third-order valence-electron chi connectivity index (χ3n) is 4.39. The number of ether oxygens (including phenoxy) is 2. The van der Waals surface area contributed by atoms with E-state index >= 15 is 0 Å². The van der Waals surface area contributed by atoms with Gasteiger partial charge in [0.05, 0.1) is 12.8 Å². The van der Waals surface area contributed by atoms with E-state index in [2.05, 4.69) is 15.0 Å². The first-order valence-corrected chi connectivity index (χ1v) is 9.72. The first-order chi connectivity index (χ1) is 15.2. The van der Waals surface area contributed by atoms with E-state index in [-0.39, 0.29) is 35.2 Å². The van der Waals surface area contributed by atoms with Gasteiger partial charge in [0, 0.05) is 43.6 Å². The summed E-state index contributed by atoms with van der Waals surface area (Å²) in [6, 6.07) is 5.81. The van der Waals surface area contributed by atoms with Crippen molar-refractivity contribution >= 4 is 5.91 Å². The highest BCUT2D eigenvalue weighted by molar-refractivity contribution is 5.92. The van der Waals surface area contributed by atoms with E-state index in [9.17, 15) is 19.1 Å². The monoisotopic (exact) mass is 442 g/mol. The molecule has 0 aliphatic heterocycles. The molecule has 3 aromatic rings. The second kappa shape index (κ2) is 9.56. The Labute approximate surface area is 183 Å². The van der Waals surface area contributed by atoms with Gasteiger partial charge >= 0.3 is 0 Å². The Kier molecular flexibility index (Phi) is 6.84. The van der Waals surface area contributed by atoms with Gasteiger partial charge in [-0.3, -0.25) is 9.59 Å². The number of nitrogens with zero attached hydrogens (tertiary/aromatic N) is 3. The minimum Gasteiger partial charge on any atom is -0.488 e. The Morgan fingerprint density at radius 2 is 1.88 bits per heavy atom. The fourth-order valence-electron chi connectivity index (χ4n) is 2.69. The lowest BCUT2D eigenvalue weighted by Crippen LogP contribution is -2.23. The third kappa shape index (κ3) is 5.27. The number of nitrogens with one attached hydrogen (secondary N) is 1. The number of hydrogen-bond donors (Lipinski definition) is 2. The lowest BCUT2D eigenvalue weighted by Gasteiger charge is -2.15. The molecule has 2 N–H and O–H groups in total. The topological polar surface area (TPSA) is 118 Å². The number of pyridine rings is 1. The maximum atomic E-state index is 14.4. The standard InChI is InChI=1S/C22H23FN4O5/c1-12-9-25-20(26-21(12)29)14-5-15(31-13(2)11-28)7-16(6-14)32-17-8-18(23)19(24-10-17)22(30)27(3)4/h5-10,13,28H,11H2,1-4H3,(H,25,26,29)/t13-/m0/s1. The molecule has 1 aromatic carbocycles. The Bertz CT molecular complexity index is 1200. The Morgan fingerprint density at radius 1 is 1.16 bits per heavy atom. The average molecular weight is 442 g/mol. The molecule has 0 unspecified atom stereocenters. The Morgan fingerprint density at radius 3 is 2.50 bits per heavy atom. The number of aliphatic hydroxyl groups excluding tert-OH is 1. The highest BCUT2D eigenvalue weighted by Gasteiger charge is 2.17. The molecule has 0 spiro atoms. The number of benzene rings is 1. The number of aryl methyl sites for hydroxylation is 1. The van der Waals surface area contributed by atoms with Gasteiger partial charge in [0.25, 0.3) is 11.5 Å². The summed E-state index contributed by atoms with van der Waals surface area (Å²) in [7, 11) is 3.00. The quantitative estimate of drug-likeness (QED) is 0.577. The second-order valence-electron chi connectivity index (χ2n) is 7.35. The summed E-state index contributed by atoms with van der Waals surface area (Å²) in [5.41, 5.74) is 0.325. The van der Waals surface area contributed by atoms with Crippen molar-refractivity contribution in [1.82, 2.24) is 19.9 Å². The third-order valence-corrected chi connectivity index (χ3v) is 4.39. The molecule has 2 aromatic heterocycles. The number of hydrogen-bond acceptors (Lipinski definition) is 7. The second-order valence-corrected chi connectivity index (χ2v) is 7.35. The number of H-pyrrole nitrogens is 1. The minimum absolute atomic E-state index is 0.0569. The number of aromatic nitrogens is 3. The molecular formula is C22H23FN4O5. The van der Waals surface area contributed by atoms with Gasteiger partial charge in [0.15, 0.2) is 11.5 Å². The van der Waals surface area contributed by atoms with E-state index in [1.165, 1.54) is 31.4 Å². The highest BCUT2D eigenvalue weighted by atomic mass is 19.1. The Balaban J connectivity index is 1.98. The van der Waals surface area contributed by atoms with Crippen molar-refractivity contribution in [2.75, 3.05) is 20.7 Å². The maximum Gasteiger partial charge on any atom is 0.274 e. The van der Waals surface area contributed by atoms with Gasteiger partial charge in [-0.25, -0.2) is 14.4 Å². The molecule has 0 fully saturated rings. The van der Waals surface area contributed by atoms with Gasteiger partial charge in [-0.15, -0.1) is 0 Å². The first-order valence-electron chi connectivity index (χ1n) is 9.72. The van der Waals surface area contributed by atoms with Crippen molar-refractivity contribution in [3.63, 3.8) is 0 Å². The molecular weight excluding hydrogens is 419 g/mol. The highest BCUT2D eigenvalue weighted by Crippen LogP contribution is 2.31. The van der Waals surface area contributed by atoms with Crippen LogP contribution in [0.1, 0.15) is 23.0 Å². The lowest BCUT2D eigenvalue weighted by atomic mass is 10.1. The predicted octanol–water partition coefficient (Wildman–Crippen LogP) is 2.53. The molecule has 3 rings (SSSR count). The molecule has 0 bridgehead atoms. The van der Waals surface area contributed by atoms with Crippen molar-refractivity contribution in [3.05, 3.63) is 64.1 Å². The van der Waals surface area contributed by atoms with Gasteiger partial charge in [0.2, 0.25) is 0 Å². The molecule has 0 aliphatic carbocycles. The fourth-order valence-corrected chi connectivity index (χ4v) is 2.69. The van der Waals surface area contributed by atoms with Crippen LogP contribution < -0.4 is 15.0 Å². The van der Waals surface area contributed by atoms with E-state index in [1.807, 2.05) is 0 Å². The van der Waals surface area contributed by atoms with E-state index in [1.54, 1.807) is 32.0 Å². The normalized spacial score (nSPS) is 11.7. The average Bonchev–Trinajstić information content (AvgIpc) is 2.75. The van der Waals surface area contributed by atoms with Crippen LogP contribution in [0.4, 0.5) is 4.39 Å². The zero-order valence-corrected chi connectivity index (χ0v) is 18.0. The molecule has 0 aliphatic rings. The van der Waals surface area contributed by atoms with Crippen LogP contribution in [0.3, 0.4) is 0 Å². The summed E-state index contributed by atoms with van der Waals surface area (Å²) in [6.07, 6.45) is 2.17. The molecule has 0 saturated carbocycles. The summed E-state index contributed by atoms with van der Waals surface area (Å²) >= 11 is 0. The van der Waals surface area contributed by atoms with Gasteiger partial charge in [-0.05, 0) is 26.0 Å². The SMILES string of the molecule is Cc1cnc(-c2cc(Oc3cnc(C(=O)N(C)C)c(F)c3)cc(O[C@@H](C)CO)c2)[nH]c1=O. The first kappa shape index (κ1) is 22.9. The predicted molar refractivity (Wildman–Crippen MR) is 114 cm³/mol. The van der Waals surface area contributed by atoms with Crippen LogP contribution >= 0.6 is 0 Å². The van der Waals surface area contributed by atoms with Crippen LogP contribution in [-0.2, 0) is 0 Å². The van der Waals surface area contributed by atoms with Gasteiger partial charge in [-0.1, -0.05) is 0 Å². The summed E-state index contributed by atoms with van der Waals surface area (Å²) in [6.45, 7) is 3.11. The molecule has 1 atom stereocenters. The maximum absolute atomic E-state index is 14.4. The van der Waals surface area contributed by atoms with Crippen molar-refractivity contribution in [1.29, 1.82) is 0 Å². The zero-order chi connectivity index (χ0) is 23.4. The van der Waals surface area contributed by atoms with Crippen molar-refractivity contribution in [2.45, 2.75) is 20.0 Å². The number of carbonyl (C=O) groups excluding carboxylic acids is 1. The van der Waals surface area contributed by atoms with Gasteiger partial charge in [-0.2, -0.15) is 0 Å². The number of halogens is 1. The van der Waals surface area contributed by atoms with E-state index in [4.69, 9.17) is 9.47 Å². The molecule has 32 heavy (non-hydrogen) atoms. The molecule has 168 valence electrons. The number of rotatable bonds is 7. The van der Waals surface area contributed by atoms with Crippen LogP contribution in [0.15, 0.2) is 41.5 Å². The molecule has 0 radical (unpaired) electrons. The lowest BCUT2D eigenvalue weighted by molar-refractivity contribution is 0.0817. The number of amides is 1. The largest absolute Gasteiger partial charge is 0.488 e. The van der Waals surface area contributed by atoms with Crippen LogP contribution in [0.5, 0.6) is 17.2 Å². The number of aliphatic hydroxyl groups is 1. The fraction of sp³-hybridized carbons (Fsp3) is 0.273. The molecule has 1 amide bonds. The Hall–Kier alpha value is -3.79. The van der Waals surface area contributed by atoms with Crippen LogP contribution in [-0.4, -0.2) is 57.7 Å². The van der Waals surface area contributed by atoms with Crippen molar-refractivity contribution in [3.8, 4) is 28.6 Å². The van der Waals surface area contributed by atoms with Gasteiger partial charge < -0.3 is 24.5 Å². The van der Waals surface area contributed by atoms with Crippen LogP contribution in [0, 0.1) is 12.7 Å².